The number of nitrogens with two attached hydrogens (primary N) is 1. The Bertz CT molecular complexity index is 321. The summed E-state index contributed by atoms with van der Waals surface area (Å²) in [4.78, 5) is 17.5. The Morgan fingerprint density at radius 1 is 1.69 bits per heavy atom. The van der Waals surface area contributed by atoms with E-state index in [1.54, 1.807) is 0 Å². The molecule has 0 spiro atoms. The van der Waals surface area contributed by atoms with Crippen molar-refractivity contribution < 1.29 is 0 Å². The van der Waals surface area contributed by atoms with E-state index in [9.17, 15) is 4.79 Å². The number of H-pyrrole nitrogens is 1. The molecule has 0 saturated carbocycles. The second-order valence-electron chi connectivity index (χ2n) is 3.05. The molecule has 0 radical (unpaired) electrons. The molecule has 1 heterocycles. The minimum Gasteiger partial charge on any atom is -0.319 e. The summed E-state index contributed by atoms with van der Waals surface area (Å²) < 4.78 is 0. The zero-order valence-electron chi connectivity index (χ0n) is 7.70. The van der Waals surface area contributed by atoms with E-state index in [0.29, 0.717) is 5.82 Å². The fraction of sp³-hybridized carbons (Fsp3) is 0.500. The van der Waals surface area contributed by atoms with Crippen molar-refractivity contribution in [3.05, 3.63) is 28.4 Å². The number of rotatable bonds is 2. The molecule has 0 aromatic carbocycles. The van der Waals surface area contributed by atoms with Crippen molar-refractivity contribution in [1.29, 1.82) is 0 Å². The molecular weight excluding hydrogens is 190 g/mol. The molecular formula is C8H14ClN3O. The van der Waals surface area contributed by atoms with E-state index in [1.165, 1.54) is 12.3 Å². The van der Waals surface area contributed by atoms with Gasteiger partial charge in [-0.05, 0) is 13.3 Å². The lowest BCUT2D eigenvalue weighted by atomic mass is 10.00. The van der Waals surface area contributed by atoms with E-state index >= 15 is 0 Å². The Morgan fingerprint density at radius 3 is 2.77 bits per heavy atom. The summed E-state index contributed by atoms with van der Waals surface area (Å²) in [5.41, 5.74) is 5.17. The van der Waals surface area contributed by atoms with E-state index in [1.807, 2.05) is 13.8 Å². The van der Waals surface area contributed by atoms with Crippen LogP contribution in [0, 0.1) is 0 Å². The zero-order chi connectivity index (χ0) is 9.19. The fourth-order valence-corrected chi connectivity index (χ4v) is 0.828. The highest BCUT2D eigenvalue weighted by Gasteiger charge is 2.20. The second kappa shape index (κ2) is 4.39. The molecule has 4 nitrogen and oxygen atoms in total. The molecule has 0 bridgehead atoms. The maximum absolute atomic E-state index is 10.9. The summed E-state index contributed by atoms with van der Waals surface area (Å²) in [6.07, 6.45) is 2.20. The molecule has 1 aromatic heterocycles. The molecule has 1 unspecified atom stereocenters. The number of nitrogens with zero attached hydrogens (tertiary/aromatic N) is 1. The summed E-state index contributed by atoms with van der Waals surface area (Å²) in [6.45, 7) is 3.79. The maximum atomic E-state index is 10.9. The Balaban J connectivity index is 0.00000144. The van der Waals surface area contributed by atoms with Crippen LogP contribution >= 0.6 is 12.4 Å². The summed E-state index contributed by atoms with van der Waals surface area (Å²) >= 11 is 0. The van der Waals surface area contributed by atoms with E-state index in [-0.39, 0.29) is 18.0 Å². The summed E-state index contributed by atoms with van der Waals surface area (Å²) in [5.74, 6) is 0.539. The quantitative estimate of drug-likeness (QED) is 0.746. The molecule has 1 aromatic rings. The number of nitrogens with one attached hydrogen (secondary N) is 1. The maximum Gasteiger partial charge on any atom is 0.250 e. The van der Waals surface area contributed by atoms with Crippen LogP contribution in [0.4, 0.5) is 0 Å². The van der Waals surface area contributed by atoms with Gasteiger partial charge >= 0.3 is 0 Å². The first-order valence-electron chi connectivity index (χ1n) is 3.91. The second-order valence-corrected chi connectivity index (χ2v) is 3.05. The molecule has 5 heteroatoms. The van der Waals surface area contributed by atoms with E-state index in [2.05, 4.69) is 9.97 Å². The Kier molecular flexibility index (Phi) is 4.10. The van der Waals surface area contributed by atoms with Gasteiger partial charge in [0, 0.05) is 12.3 Å². The normalized spacial score (nSPS) is 14.4. The lowest BCUT2D eigenvalue weighted by molar-refractivity contribution is 0.444. The van der Waals surface area contributed by atoms with Crippen molar-refractivity contribution in [2.75, 3.05) is 0 Å². The lowest BCUT2D eigenvalue weighted by Gasteiger charge is -2.20. The highest BCUT2D eigenvalue weighted by molar-refractivity contribution is 5.85. The Labute approximate surface area is 83.0 Å². The van der Waals surface area contributed by atoms with E-state index < -0.39 is 5.54 Å². The average Bonchev–Trinajstić information content (AvgIpc) is 2.05. The Hall–Kier alpha value is -0.870. The lowest BCUT2D eigenvalue weighted by Crippen LogP contribution is -2.35. The van der Waals surface area contributed by atoms with Crippen LogP contribution in [0.15, 0.2) is 17.1 Å². The largest absolute Gasteiger partial charge is 0.319 e. The highest BCUT2D eigenvalue weighted by Crippen LogP contribution is 2.14. The third-order valence-corrected chi connectivity index (χ3v) is 1.95. The molecule has 13 heavy (non-hydrogen) atoms. The minimum absolute atomic E-state index is 0. The van der Waals surface area contributed by atoms with Crippen LogP contribution in [0.2, 0.25) is 0 Å². The predicted molar refractivity (Wildman–Crippen MR) is 53.9 cm³/mol. The van der Waals surface area contributed by atoms with E-state index in [0.717, 1.165) is 6.42 Å². The Morgan fingerprint density at radius 2 is 2.31 bits per heavy atom. The van der Waals surface area contributed by atoms with E-state index in [4.69, 9.17) is 5.73 Å². The fourth-order valence-electron chi connectivity index (χ4n) is 0.828. The standard InChI is InChI=1S/C8H13N3O.ClH/c1-3-8(2,9)7-10-5-4-6(12)11-7;/h4-5H,3,9H2,1-2H3,(H,10,11,12);1H. The first-order valence-corrected chi connectivity index (χ1v) is 3.91. The van der Waals surface area contributed by atoms with Crippen LogP contribution in [0.5, 0.6) is 0 Å². The van der Waals surface area contributed by atoms with Crippen LogP contribution in [0.25, 0.3) is 0 Å². The summed E-state index contributed by atoms with van der Waals surface area (Å²) in [7, 11) is 0. The molecule has 0 aliphatic rings. The van der Waals surface area contributed by atoms with Gasteiger partial charge in [-0.3, -0.25) is 4.79 Å². The van der Waals surface area contributed by atoms with Gasteiger partial charge in [-0.2, -0.15) is 0 Å². The third-order valence-electron chi connectivity index (χ3n) is 1.95. The SMILES string of the molecule is CCC(C)(N)c1nccc(=O)[nH]1.Cl. The zero-order valence-corrected chi connectivity index (χ0v) is 8.52. The smallest absolute Gasteiger partial charge is 0.250 e. The van der Waals surface area contributed by atoms with Crippen molar-refractivity contribution in [2.24, 2.45) is 5.73 Å². The van der Waals surface area contributed by atoms with Crippen molar-refractivity contribution >= 4 is 12.4 Å². The van der Waals surface area contributed by atoms with Gasteiger partial charge in [0.15, 0.2) is 0 Å². The van der Waals surface area contributed by atoms with Crippen LogP contribution in [-0.4, -0.2) is 9.97 Å². The van der Waals surface area contributed by atoms with Gasteiger partial charge in [-0.15, -0.1) is 12.4 Å². The van der Waals surface area contributed by atoms with Crippen LogP contribution in [0.1, 0.15) is 26.1 Å². The van der Waals surface area contributed by atoms with Gasteiger partial charge in [-0.25, -0.2) is 4.98 Å². The first kappa shape index (κ1) is 12.1. The molecule has 0 aliphatic carbocycles. The highest BCUT2D eigenvalue weighted by atomic mass is 35.5. The van der Waals surface area contributed by atoms with Crippen LogP contribution in [0.3, 0.4) is 0 Å². The number of hydrogen-bond donors (Lipinski definition) is 2. The predicted octanol–water partition coefficient (Wildman–Crippen LogP) is 0.776. The number of aromatic amines is 1. The van der Waals surface area contributed by atoms with Crippen molar-refractivity contribution in [1.82, 2.24) is 9.97 Å². The van der Waals surface area contributed by atoms with Crippen molar-refractivity contribution in [3.63, 3.8) is 0 Å². The van der Waals surface area contributed by atoms with Gasteiger partial charge < -0.3 is 10.7 Å². The van der Waals surface area contributed by atoms with Gasteiger partial charge in [0.05, 0.1) is 5.54 Å². The van der Waals surface area contributed by atoms with Crippen LogP contribution < -0.4 is 11.3 Å². The van der Waals surface area contributed by atoms with Crippen LogP contribution in [-0.2, 0) is 5.54 Å². The summed E-state index contributed by atoms with van der Waals surface area (Å²) in [6, 6.07) is 1.37. The minimum atomic E-state index is -0.541. The molecule has 1 rings (SSSR count). The number of hydrogen-bond acceptors (Lipinski definition) is 3. The average molecular weight is 204 g/mol. The van der Waals surface area contributed by atoms with Gasteiger partial charge in [0.25, 0.3) is 5.56 Å². The van der Waals surface area contributed by atoms with Gasteiger partial charge in [-0.1, -0.05) is 6.92 Å². The van der Waals surface area contributed by atoms with Crippen molar-refractivity contribution in [2.45, 2.75) is 25.8 Å². The third kappa shape index (κ3) is 2.82. The molecule has 0 aliphatic heterocycles. The number of halogens is 1. The van der Waals surface area contributed by atoms with Gasteiger partial charge in [0.1, 0.15) is 5.82 Å². The summed E-state index contributed by atoms with van der Waals surface area (Å²) in [5, 5.41) is 0. The first-order chi connectivity index (χ1) is 5.56. The monoisotopic (exact) mass is 203 g/mol. The topological polar surface area (TPSA) is 71.8 Å². The molecule has 0 saturated heterocycles. The molecule has 0 amide bonds. The molecule has 74 valence electrons. The van der Waals surface area contributed by atoms with Crippen molar-refractivity contribution in [3.8, 4) is 0 Å². The number of aromatic nitrogens is 2. The van der Waals surface area contributed by atoms with Gasteiger partial charge in [0.2, 0.25) is 0 Å². The molecule has 1 atom stereocenters. The molecule has 0 fully saturated rings. The molecule has 3 N–H and O–H groups in total.